The summed E-state index contributed by atoms with van der Waals surface area (Å²) in [6.07, 6.45) is 3.53. The number of piperazine rings is 1. The fourth-order valence-electron chi connectivity index (χ4n) is 4.26. The second kappa shape index (κ2) is 6.21. The molecule has 0 atom stereocenters. The van der Waals surface area contributed by atoms with Crippen LogP contribution < -0.4 is 15.4 Å². The molecule has 2 N–H and O–H groups in total. The standard InChI is InChI=1S/C18H28N4O/c1-20-9-11-21(12-10-20)14-4-7-22(8-5-14)17-3-2-16(19)18-15(17)6-13-23-18/h2-3,14H,4-13,19H2,1H3. The summed E-state index contributed by atoms with van der Waals surface area (Å²) in [5, 5.41) is 0. The highest BCUT2D eigenvalue weighted by molar-refractivity contribution is 5.70. The Morgan fingerprint density at radius 1 is 1.04 bits per heavy atom. The molecule has 0 aliphatic carbocycles. The van der Waals surface area contributed by atoms with Crippen LogP contribution in [0, 0.1) is 0 Å². The average molecular weight is 316 g/mol. The normalized spacial score (nSPS) is 23.8. The number of anilines is 2. The number of benzene rings is 1. The van der Waals surface area contributed by atoms with Crippen molar-refractivity contribution in [1.82, 2.24) is 9.80 Å². The Bertz CT molecular complexity index is 560. The van der Waals surface area contributed by atoms with Gasteiger partial charge < -0.3 is 20.3 Å². The van der Waals surface area contributed by atoms with Gasteiger partial charge in [0, 0.05) is 63.0 Å². The number of ether oxygens (including phenoxy) is 1. The molecule has 0 radical (unpaired) electrons. The summed E-state index contributed by atoms with van der Waals surface area (Å²) in [4.78, 5) is 7.68. The van der Waals surface area contributed by atoms with Crippen LogP contribution in [0.5, 0.6) is 5.75 Å². The van der Waals surface area contributed by atoms with E-state index in [-0.39, 0.29) is 0 Å². The van der Waals surface area contributed by atoms with Crippen LogP contribution in [0.25, 0.3) is 0 Å². The quantitative estimate of drug-likeness (QED) is 0.836. The van der Waals surface area contributed by atoms with Gasteiger partial charge in [0.15, 0.2) is 0 Å². The number of hydrogen-bond acceptors (Lipinski definition) is 5. The number of nitrogens with zero attached hydrogens (tertiary/aromatic N) is 3. The Morgan fingerprint density at radius 2 is 1.78 bits per heavy atom. The fraction of sp³-hybridized carbons (Fsp3) is 0.667. The summed E-state index contributed by atoms with van der Waals surface area (Å²) in [6.45, 7) is 7.94. The van der Waals surface area contributed by atoms with Gasteiger partial charge in [-0.15, -0.1) is 0 Å². The van der Waals surface area contributed by atoms with Crippen molar-refractivity contribution in [3.8, 4) is 5.75 Å². The van der Waals surface area contributed by atoms with Crippen LogP contribution in [0.1, 0.15) is 18.4 Å². The summed E-state index contributed by atoms with van der Waals surface area (Å²) in [5.41, 5.74) is 9.51. The predicted octanol–water partition coefficient (Wildman–Crippen LogP) is 1.42. The minimum atomic E-state index is 0.762. The van der Waals surface area contributed by atoms with E-state index in [0.29, 0.717) is 0 Å². The number of fused-ring (bicyclic) bond motifs is 1. The molecule has 0 saturated carbocycles. The van der Waals surface area contributed by atoms with E-state index < -0.39 is 0 Å². The van der Waals surface area contributed by atoms with Gasteiger partial charge in [-0.25, -0.2) is 0 Å². The minimum Gasteiger partial charge on any atom is -0.491 e. The third-order valence-electron chi connectivity index (χ3n) is 5.72. The molecule has 4 rings (SSSR count). The molecular weight excluding hydrogens is 288 g/mol. The molecule has 0 unspecified atom stereocenters. The van der Waals surface area contributed by atoms with Crippen molar-refractivity contribution in [2.24, 2.45) is 0 Å². The molecule has 5 heteroatoms. The topological polar surface area (TPSA) is 45.0 Å². The third kappa shape index (κ3) is 2.88. The first-order valence-electron chi connectivity index (χ1n) is 8.94. The van der Waals surface area contributed by atoms with Crippen molar-refractivity contribution in [3.05, 3.63) is 17.7 Å². The van der Waals surface area contributed by atoms with Gasteiger partial charge in [0.2, 0.25) is 0 Å². The number of nitrogen functional groups attached to an aromatic ring is 1. The van der Waals surface area contributed by atoms with Crippen molar-refractivity contribution in [3.63, 3.8) is 0 Å². The van der Waals surface area contributed by atoms with E-state index in [1.165, 1.54) is 50.3 Å². The maximum Gasteiger partial charge on any atom is 0.147 e. The van der Waals surface area contributed by atoms with Crippen LogP contribution in [0.4, 0.5) is 11.4 Å². The number of rotatable bonds is 2. The summed E-state index contributed by atoms with van der Waals surface area (Å²) >= 11 is 0. The van der Waals surface area contributed by atoms with E-state index in [0.717, 1.165) is 43.6 Å². The van der Waals surface area contributed by atoms with E-state index >= 15 is 0 Å². The Balaban J connectivity index is 1.41. The molecule has 0 bridgehead atoms. The molecule has 3 aliphatic heterocycles. The molecule has 1 aromatic carbocycles. The van der Waals surface area contributed by atoms with Gasteiger partial charge in [0.25, 0.3) is 0 Å². The second-order valence-electron chi connectivity index (χ2n) is 7.14. The molecular formula is C18H28N4O. The Labute approximate surface area is 139 Å². The zero-order valence-corrected chi connectivity index (χ0v) is 14.1. The van der Waals surface area contributed by atoms with Gasteiger partial charge in [-0.3, -0.25) is 4.90 Å². The average Bonchev–Trinajstić information content (AvgIpc) is 3.07. The molecule has 3 heterocycles. The van der Waals surface area contributed by atoms with Crippen LogP contribution >= 0.6 is 0 Å². The number of likely N-dealkylation sites (N-methyl/N-ethyl adjacent to an activating group) is 1. The summed E-state index contributed by atoms with van der Waals surface area (Å²) in [5.74, 6) is 0.934. The van der Waals surface area contributed by atoms with E-state index in [9.17, 15) is 0 Å². The maximum absolute atomic E-state index is 6.05. The zero-order valence-electron chi connectivity index (χ0n) is 14.1. The Kier molecular flexibility index (Phi) is 4.07. The van der Waals surface area contributed by atoms with Gasteiger partial charge >= 0.3 is 0 Å². The van der Waals surface area contributed by atoms with Crippen LogP contribution in [0.3, 0.4) is 0 Å². The highest BCUT2D eigenvalue weighted by Gasteiger charge is 2.29. The van der Waals surface area contributed by atoms with Crippen LogP contribution in [0.2, 0.25) is 0 Å². The largest absolute Gasteiger partial charge is 0.491 e. The van der Waals surface area contributed by atoms with Crippen LogP contribution in [-0.2, 0) is 6.42 Å². The Morgan fingerprint density at radius 3 is 2.52 bits per heavy atom. The maximum atomic E-state index is 6.05. The molecule has 23 heavy (non-hydrogen) atoms. The molecule has 3 aliphatic rings. The highest BCUT2D eigenvalue weighted by Crippen LogP contribution is 2.39. The van der Waals surface area contributed by atoms with Gasteiger partial charge in [0.05, 0.1) is 12.3 Å². The van der Waals surface area contributed by atoms with Crippen molar-refractivity contribution >= 4 is 11.4 Å². The van der Waals surface area contributed by atoms with E-state index in [4.69, 9.17) is 10.5 Å². The lowest BCUT2D eigenvalue weighted by Gasteiger charge is -2.43. The predicted molar refractivity (Wildman–Crippen MR) is 94.4 cm³/mol. The zero-order chi connectivity index (χ0) is 15.8. The molecule has 0 aromatic heterocycles. The van der Waals surface area contributed by atoms with Gasteiger partial charge in [-0.1, -0.05) is 0 Å². The first-order valence-corrected chi connectivity index (χ1v) is 8.94. The van der Waals surface area contributed by atoms with Crippen LogP contribution in [-0.4, -0.2) is 68.8 Å². The Hall–Kier alpha value is -1.46. The number of piperidine rings is 1. The van der Waals surface area contributed by atoms with Gasteiger partial charge in [-0.2, -0.15) is 0 Å². The van der Waals surface area contributed by atoms with Crippen molar-refractivity contribution in [2.75, 3.05) is 63.6 Å². The highest BCUT2D eigenvalue weighted by atomic mass is 16.5. The lowest BCUT2D eigenvalue weighted by Crippen LogP contribution is -2.52. The molecule has 2 saturated heterocycles. The fourth-order valence-corrected chi connectivity index (χ4v) is 4.26. The lowest BCUT2D eigenvalue weighted by molar-refractivity contribution is 0.0982. The summed E-state index contributed by atoms with van der Waals surface area (Å²) in [6, 6.07) is 4.96. The van der Waals surface area contributed by atoms with E-state index in [1.807, 2.05) is 6.07 Å². The van der Waals surface area contributed by atoms with Crippen molar-refractivity contribution in [2.45, 2.75) is 25.3 Å². The molecule has 0 spiro atoms. The lowest BCUT2D eigenvalue weighted by atomic mass is 10.00. The van der Waals surface area contributed by atoms with Gasteiger partial charge in [-0.05, 0) is 32.0 Å². The molecule has 2 fully saturated rings. The first kappa shape index (κ1) is 15.1. The van der Waals surface area contributed by atoms with Crippen molar-refractivity contribution < 1.29 is 4.74 Å². The first-order chi connectivity index (χ1) is 11.2. The molecule has 126 valence electrons. The van der Waals surface area contributed by atoms with Crippen LogP contribution in [0.15, 0.2) is 12.1 Å². The smallest absolute Gasteiger partial charge is 0.147 e. The SMILES string of the molecule is CN1CCN(C2CCN(c3ccc(N)c4c3CCO4)CC2)CC1. The summed E-state index contributed by atoms with van der Waals surface area (Å²) in [7, 11) is 2.23. The van der Waals surface area contributed by atoms with E-state index in [2.05, 4.69) is 27.8 Å². The van der Waals surface area contributed by atoms with Gasteiger partial charge in [0.1, 0.15) is 5.75 Å². The third-order valence-corrected chi connectivity index (χ3v) is 5.72. The van der Waals surface area contributed by atoms with Crippen molar-refractivity contribution in [1.29, 1.82) is 0 Å². The monoisotopic (exact) mass is 316 g/mol. The van der Waals surface area contributed by atoms with E-state index in [1.54, 1.807) is 0 Å². The number of nitrogens with two attached hydrogens (primary N) is 1. The molecule has 1 aromatic rings. The summed E-state index contributed by atoms with van der Waals surface area (Å²) < 4.78 is 5.72. The second-order valence-corrected chi connectivity index (χ2v) is 7.14. The molecule has 0 amide bonds. The minimum absolute atomic E-state index is 0.762. The number of hydrogen-bond donors (Lipinski definition) is 1. The molecule has 5 nitrogen and oxygen atoms in total.